The van der Waals surface area contributed by atoms with E-state index in [1.165, 1.54) is 6.20 Å². The smallest absolute Gasteiger partial charge is 0.246 e. The third-order valence-corrected chi connectivity index (χ3v) is 2.72. The molecule has 0 amide bonds. The van der Waals surface area contributed by atoms with Gasteiger partial charge in [-0.15, -0.1) is 0 Å². The monoisotopic (exact) mass is 278 g/mol. The molecule has 7 heteroatoms. The van der Waals surface area contributed by atoms with Gasteiger partial charge in [0.05, 0.1) is 12.1 Å². The molecule has 1 N–H and O–H groups in total. The van der Waals surface area contributed by atoms with Crippen molar-refractivity contribution in [2.24, 2.45) is 0 Å². The van der Waals surface area contributed by atoms with E-state index in [1.807, 2.05) is 18.2 Å². The summed E-state index contributed by atoms with van der Waals surface area (Å²) in [4.78, 5) is 12.3. The topological polar surface area (TPSA) is 101 Å². The summed E-state index contributed by atoms with van der Waals surface area (Å²) < 4.78 is 5.16. The first-order valence-corrected chi connectivity index (χ1v) is 6.18. The Balaban J connectivity index is 1.66. The minimum absolute atomic E-state index is 0.358. The zero-order chi connectivity index (χ0) is 14.5. The molecule has 0 aliphatic heterocycles. The number of anilines is 1. The van der Waals surface area contributed by atoms with Crippen molar-refractivity contribution in [3.8, 4) is 17.5 Å². The summed E-state index contributed by atoms with van der Waals surface area (Å²) in [5.74, 6) is 1.60. The molecule has 3 rings (SSSR count). The van der Waals surface area contributed by atoms with Crippen molar-refractivity contribution in [2.45, 2.75) is 6.54 Å². The lowest BCUT2D eigenvalue weighted by molar-refractivity contribution is 0.384. The van der Waals surface area contributed by atoms with E-state index in [2.05, 4.69) is 25.4 Å². The van der Waals surface area contributed by atoms with Gasteiger partial charge in [0.15, 0.2) is 0 Å². The molecule has 3 aromatic heterocycles. The molecule has 0 atom stereocenters. The predicted octanol–water partition coefficient (Wildman–Crippen LogP) is 2.01. The molecule has 0 fully saturated rings. The molecule has 0 bridgehead atoms. The van der Waals surface area contributed by atoms with Crippen LogP contribution in [-0.4, -0.2) is 20.1 Å². The van der Waals surface area contributed by atoms with Crippen molar-refractivity contribution in [1.82, 2.24) is 20.1 Å². The van der Waals surface area contributed by atoms with Gasteiger partial charge < -0.3 is 9.84 Å². The number of hydrogen-bond acceptors (Lipinski definition) is 7. The number of hydrogen-bond donors (Lipinski definition) is 1. The third kappa shape index (κ3) is 3.01. The maximum atomic E-state index is 8.70. The summed E-state index contributed by atoms with van der Waals surface area (Å²) in [6.07, 6.45) is 4.84. The number of pyridine rings is 2. The SMILES string of the molecule is N#Cc1ccc(NCc2nc(-c3ccncc3)no2)nc1. The molecular formula is C14H10N6O. The zero-order valence-corrected chi connectivity index (χ0v) is 10.9. The van der Waals surface area contributed by atoms with E-state index in [4.69, 9.17) is 9.78 Å². The number of aromatic nitrogens is 4. The van der Waals surface area contributed by atoms with Gasteiger partial charge in [-0.2, -0.15) is 10.2 Å². The van der Waals surface area contributed by atoms with E-state index in [-0.39, 0.29) is 0 Å². The largest absolute Gasteiger partial charge is 0.361 e. The Kier molecular flexibility index (Phi) is 3.52. The van der Waals surface area contributed by atoms with Gasteiger partial charge in [-0.1, -0.05) is 5.16 Å². The van der Waals surface area contributed by atoms with Gasteiger partial charge in [-0.05, 0) is 24.3 Å². The van der Waals surface area contributed by atoms with Crippen LogP contribution in [0.15, 0.2) is 47.4 Å². The first-order chi connectivity index (χ1) is 10.3. The first-order valence-electron chi connectivity index (χ1n) is 6.18. The molecular weight excluding hydrogens is 268 g/mol. The van der Waals surface area contributed by atoms with E-state index < -0.39 is 0 Å². The second-order valence-corrected chi connectivity index (χ2v) is 4.15. The van der Waals surface area contributed by atoms with E-state index in [9.17, 15) is 0 Å². The van der Waals surface area contributed by atoms with Gasteiger partial charge in [-0.25, -0.2) is 4.98 Å². The van der Waals surface area contributed by atoms with Crippen molar-refractivity contribution in [2.75, 3.05) is 5.32 Å². The molecule has 3 heterocycles. The van der Waals surface area contributed by atoms with Crippen LogP contribution in [0.25, 0.3) is 11.4 Å². The number of nitrogens with one attached hydrogen (secondary N) is 1. The first kappa shape index (κ1) is 12.7. The lowest BCUT2D eigenvalue weighted by Crippen LogP contribution is -2.01. The van der Waals surface area contributed by atoms with Crippen LogP contribution in [0, 0.1) is 11.3 Å². The van der Waals surface area contributed by atoms with Crippen LogP contribution in [-0.2, 0) is 6.54 Å². The van der Waals surface area contributed by atoms with E-state index in [0.717, 1.165) is 5.56 Å². The van der Waals surface area contributed by atoms with Crippen molar-refractivity contribution < 1.29 is 4.52 Å². The molecule has 0 aliphatic rings. The highest BCUT2D eigenvalue weighted by molar-refractivity contribution is 5.52. The van der Waals surface area contributed by atoms with Gasteiger partial charge in [0.1, 0.15) is 11.9 Å². The minimum Gasteiger partial charge on any atom is -0.361 e. The van der Waals surface area contributed by atoms with Gasteiger partial charge >= 0.3 is 0 Å². The predicted molar refractivity (Wildman–Crippen MR) is 73.8 cm³/mol. The lowest BCUT2D eigenvalue weighted by atomic mass is 10.2. The quantitative estimate of drug-likeness (QED) is 0.778. The van der Waals surface area contributed by atoms with Crippen LogP contribution in [0.2, 0.25) is 0 Å². The Hall–Kier alpha value is -3.27. The maximum Gasteiger partial charge on any atom is 0.246 e. The fourth-order valence-corrected chi connectivity index (χ4v) is 1.68. The Morgan fingerprint density at radius 1 is 1.19 bits per heavy atom. The summed E-state index contributed by atoms with van der Waals surface area (Å²) in [5, 5.41) is 15.7. The van der Waals surface area contributed by atoms with Crippen molar-refractivity contribution in [1.29, 1.82) is 5.26 Å². The summed E-state index contributed by atoms with van der Waals surface area (Å²) >= 11 is 0. The number of nitriles is 1. The summed E-state index contributed by atoms with van der Waals surface area (Å²) in [6, 6.07) is 9.04. The molecule has 0 unspecified atom stereocenters. The van der Waals surface area contributed by atoms with Gasteiger partial charge in [0.2, 0.25) is 11.7 Å². The van der Waals surface area contributed by atoms with E-state index >= 15 is 0 Å². The van der Waals surface area contributed by atoms with Gasteiger partial charge in [0.25, 0.3) is 0 Å². The fourth-order valence-electron chi connectivity index (χ4n) is 1.68. The van der Waals surface area contributed by atoms with Crippen LogP contribution in [0.5, 0.6) is 0 Å². The molecule has 0 radical (unpaired) electrons. The number of nitrogens with zero attached hydrogens (tertiary/aromatic N) is 5. The third-order valence-electron chi connectivity index (χ3n) is 2.72. The molecule has 0 aromatic carbocycles. The lowest BCUT2D eigenvalue weighted by Gasteiger charge is -2.01. The van der Waals surface area contributed by atoms with Crippen LogP contribution in [0.3, 0.4) is 0 Å². The molecule has 21 heavy (non-hydrogen) atoms. The number of rotatable bonds is 4. The highest BCUT2D eigenvalue weighted by Crippen LogP contribution is 2.14. The van der Waals surface area contributed by atoms with E-state index in [0.29, 0.717) is 29.6 Å². The van der Waals surface area contributed by atoms with Crippen LogP contribution in [0.4, 0.5) is 5.82 Å². The molecule has 102 valence electrons. The van der Waals surface area contributed by atoms with Crippen LogP contribution < -0.4 is 5.32 Å². The van der Waals surface area contributed by atoms with Crippen LogP contribution >= 0.6 is 0 Å². The molecule has 7 nitrogen and oxygen atoms in total. The molecule has 0 saturated heterocycles. The van der Waals surface area contributed by atoms with E-state index in [1.54, 1.807) is 24.5 Å². The van der Waals surface area contributed by atoms with Crippen LogP contribution in [0.1, 0.15) is 11.5 Å². The minimum atomic E-state index is 0.358. The van der Waals surface area contributed by atoms with Gasteiger partial charge in [0, 0.05) is 24.2 Å². The summed E-state index contributed by atoms with van der Waals surface area (Å²) in [6.45, 7) is 0.358. The Bertz CT molecular complexity index is 760. The maximum absolute atomic E-state index is 8.70. The van der Waals surface area contributed by atoms with Crippen molar-refractivity contribution >= 4 is 5.82 Å². The van der Waals surface area contributed by atoms with Gasteiger partial charge in [-0.3, -0.25) is 4.98 Å². The average molecular weight is 278 g/mol. The Labute approximate surface area is 120 Å². The molecule has 0 saturated carbocycles. The standard InChI is InChI=1S/C14H10N6O/c15-7-10-1-2-12(17-8-10)18-9-13-19-14(20-21-13)11-3-5-16-6-4-11/h1-6,8H,9H2,(H,17,18). The highest BCUT2D eigenvalue weighted by Gasteiger charge is 2.08. The van der Waals surface area contributed by atoms with Crippen molar-refractivity contribution in [3.05, 3.63) is 54.3 Å². The average Bonchev–Trinajstić information content (AvgIpc) is 3.03. The highest BCUT2D eigenvalue weighted by atomic mass is 16.5. The molecule has 0 aliphatic carbocycles. The molecule has 0 spiro atoms. The van der Waals surface area contributed by atoms with Crippen molar-refractivity contribution in [3.63, 3.8) is 0 Å². The summed E-state index contributed by atoms with van der Waals surface area (Å²) in [7, 11) is 0. The normalized spacial score (nSPS) is 10.0. The fraction of sp³-hybridized carbons (Fsp3) is 0.0714. The second-order valence-electron chi connectivity index (χ2n) is 4.15. The Morgan fingerprint density at radius 3 is 2.76 bits per heavy atom. The summed E-state index contributed by atoms with van der Waals surface area (Å²) in [5.41, 5.74) is 1.36. The Morgan fingerprint density at radius 2 is 2.05 bits per heavy atom. The zero-order valence-electron chi connectivity index (χ0n) is 10.9. The molecule has 3 aromatic rings. The second kappa shape index (κ2) is 5.79.